The molecule has 2 N–H and O–H groups in total. The molecule has 1 amide bonds. The molecule has 0 spiro atoms. The number of aliphatic hydroxyl groups excluding tert-OH is 1. The maximum Gasteiger partial charge on any atom is 0.405 e. The lowest BCUT2D eigenvalue weighted by molar-refractivity contribution is -0.141. The van der Waals surface area contributed by atoms with Crippen molar-refractivity contribution in [2.75, 3.05) is 32.8 Å². The minimum absolute atomic E-state index is 0.0653. The van der Waals surface area contributed by atoms with E-state index in [1.54, 1.807) is 4.90 Å². The molecule has 0 aliphatic carbocycles. The molecule has 0 saturated carbocycles. The number of rotatable bonds is 4. The second-order valence-corrected chi connectivity index (χ2v) is 4.31. The smallest absolute Gasteiger partial charge is 0.394 e. The molecule has 1 aliphatic rings. The van der Waals surface area contributed by atoms with Crippen LogP contribution in [0.1, 0.15) is 6.92 Å². The van der Waals surface area contributed by atoms with E-state index < -0.39 is 24.7 Å². The van der Waals surface area contributed by atoms with Gasteiger partial charge in [0.2, 0.25) is 5.91 Å². The highest BCUT2D eigenvalue weighted by Gasteiger charge is 2.30. The van der Waals surface area contributed by atoms with E-state index in [0.717, 1.165) is 0 Å². The van der Waals surface area contributed by atoms with Crippen LogP contribution in [0.15, 0.2) is 0 Å². The number of amides is 1. The lowest BCUT2D eigenvalue weighted by atomic mass is 10.2. The molecular weight excluding hydrogens is 253 g/mol. The number of nitrogens with zero attached hydrogens (tertiary/aromatic N) is 1. The van der Waals surface area contributed by atoms with E-state index in [1.165, 1.54) is 0 Å². The Hall–Kier alpha value is -0.860. The summed E-state index contributed by atoms with van der Waals surface area (Å²) in [5, 5.41) is 10.8. The Bertz CT molecular complexity index is 286. The van der Waals surface area contributed by atoms with E-state index in [-0.39, 0.29) is 19.2 Å². The zero-order valence-electron chi connectivity index (χ0n) is 10.0. The van der Waals surface area contributed by atoms with E-state index in [4.69, 9.17) is 9.84 Å². The molecule has 106 valence electrons. The third-order valence-corrected chi connectivity index (χ3v) is 2.67. The third-order valence-electron chi connectivity index (χ3n) is 2.67. The number of carbonyl (C=O) groups is 1. The summed E-state index contributed by atoms with van der Waals surface area (Å²) < 4.78 is 41.0. The fraction of sp³-hybridized carbons (Fsp3) is 0.900. The molecule has 0 bridgehead atoms. The number of halogens is 3. The van der Waals surface area contributed by atoms with Crippen LogP contribution < -0.4 is 5.32 Å². The molecule has 1 aliphatic heterocycles. The van der Waals surface area contributed by atoms with Crippen LogP contribution in [0.4, 0.5) is 13.2 Å². The number of carbonyl (C=O) groups excluding carboxylic acids is 1. The van der Waals surface area contributed by atoms with Crippen molar-refractivity contribution in [2.24, 2.45) is 0 Å². The topological polar surface area (TPSA) is 61.8 Å². The second-order valence-electron chi connectivity index (χ2n) is 4.31. The predicted molar refractivity (Wildman–Crippen MR) is 56.9 cm³/mol. The van der Waals surface area contributed by atoms with Crippen LogP contribution in [-0.2, 0) is 9.53 Å². The number of ether oxygens (including phenoxy) is 1. The van der Waals surface area contributed by atoms with Crippen molar-refractivity contribution in [3.63, 3.8) is 0 Å². The van der Waals surface area contributed by atoms with Crippen LogP contribution in [0.3, 0.4) is 0 Å². The highest BCUT2D eigenvalue weighted by atomic mass is 19.4. The van der Waals surface area contributed by atoms with Crippen molar-refractivity contribution in [1.82, 2.24) is 10.2 Å². The van der Waals surface area contributed by atoms with Crippen LogP contribution in [0.2, 0.25) is 0 Å². The lowest BCUT2D eigenvalue weighted by Gasteiger charge is -2.36. The molecule has 2 unspecified atom stereocenters. The summed E-state index contributed by atoms with van der Waals surface area (Å²) in [7, 11) is 0. The van der Waals surface area contributed by atoms with Gasteiger partial charge in [-0.15, -0.1) is 0 Å². The molecule has 18 heavy (non-hydrogen) atoms. The van der Waals surface area contributed by atoms with Gasteiger partial charge in [-0.25, -0.2) is 0 Å². The summed E-state index contributed by atoms with van der Waals surface area (Å²) in [5.41, 5.74) is 0. The molecule has 0 radical (unpaired) electrons. The number of alkyl halides is 3. The summed E-state index contributed by atoms with van der Waals surface area (Å²) in [6.07, 6.45) is -4.79. The summed E-state index contributed by atoms with van der Waals surface area (Å²) in [5.74, 6) is -0.683. The van der Waals surface area contributed by atoms with Crippen molar-refractivity contribution in [3.05, 3.63) is 0 Å². The predicted octanol–water partition coefficient (Wildman–Crippen LogP) is -0.254. The van der Waals surface area contributed by atoms with Crippen molar-refractivity contribution >= 4 is 5.91 Å². The first kappa shape index (κ1) is 15.2. The molecule has 5 nitrogen and oxygen atoms in total. The lowest BCUT2D eigenvalue weighted by Crippen LogP contribution is -2.53. The van der Waals surface area contributed by atoms with Crippen molar-refractivity contribution in [2.45, 2.75) is 25.2 Å². The number of hydrogen-bond donors (Lipinski definition) is 2. The van der Waals surface area contributed by atoms with Crippen LogP contribution in [0.25, 0.3) is 0 Å². The van der Waals surface area contributed by atoms with Gasteiger partial charge in [0.1, 0.15) is 6.54 Å². The van der Waals surface area contributed by atoms with Gasteiger partial charge in [-0.3, -0.25) is 9.69 Å². The first-order chi connectivity index (χ1) is 8.31. The SMILES string of the molecule is CC1COC(CO)CN1CC(=O)NCC(F)(F)F. The average molecular weight is 270 g/mol. The van der Waals surface area contributed by atoms with Gasteiger partial charge in [0, 0.05) is 12.6 Å². The van der Waals surface area contributed by atoms with Crippen molar-refractivity contribution in [3.8, 4) is 0 Å². The van der Waals surface area contributed by atoms with Gasteiger partial charge in [0.15, 0.2) is 0 Å². The van der Waals surface area contributed by atoms with Gasteiger partial charge < -0.3 is 15.2 Å². The Morgan fingerprint density at radius 1 is 1.56 bits per heavy atom. The summed E-state index contributed by atoms with van der Waals surface area (Å²) in [4.78, 5) is 13.0. The third kappa shape index (κ3) is 5.19. The van der Waals surface area contributed by atoms with E-state index in [9.17, 15) is 18.0 Å². The molecule has 1 saturated heterocycles. The number of morpholine rings is 1. The standard InChI is InChI=1S/C10H17F3N2O3/c1-7-5-18-8(4-16)2-15(7)3-9(17)14-6-10(11,12)13/h7-8,16H,2-6H2,1H3,(H,14,17). The van der Waals surface area contributed by atoms with Crippen molar-refractivity contribution < 1.29 is 27.8 Å². The quantitative estimate of drug-likeness (QED) is 0.739. The maximum atomic E-state index is 11.9. The summed E-state index contributed by atoms with van der Waals surface area (Å²) in [6.45, 7) is 0.859. The Balaban J connectivity index is 2.37. The van der Waals surface area contributed by atoms with Gasteiger partial charge in [0.25, 0.3) is 0 Å². The Labute approximate surface area is 103 Å². The average Bonchev–Trinajstić information content (AvgIpc) is 2.28. The van der Waals surface area contributed by atoms with E-state index in [1.807, 2.05) is 12.2 Å². The van der Waals surface area contributed by atoms with E-state index >= 15 is 0 Å². The fourth-order valence-electron chi connectivity index (χ4n) is 1.64. The molecule has 1 rings (SSSR count). The van der Waals surface area contributed by atoms with Gasteiger partial charge in [0.05, 0.1) is 25.9 Å². The molecule has 0 aromatic rings. The van der Waals surface area contributed by atoms with Gasteiger partial charge in [-0.2, -0.15) is 13.2 Å². The molecule has 0 aromatic carbocycles. The molecule has 1 heterocycles. The summed E-state index contributed by atoms with van der Waals surface area (Å²) >= 11 is 0. The molecule has 0 aromatic heterocycles. The Morgan fingerprint density at radius 2 is 2.22 bits per heavy atom. The van der Waals surface area contributed by atoms with Crippen molar-refractivity contribution in [1.29, 1.82) is 0 Å². The van der Waals surface area contributed by atoms with Gasteiger partial charge >= 0.3 is 6.18 Å². The minimum atomic E-state index is -4.40. The van der Waals surface area contributed by atoms with E-state index in [2.05, 4.69) is 0 Å². The van der Waals surface area contributed by atoms with Crippen LogP contribution in [0, 0.1) is 0 Å². The number of nitrogens with one attached hydrogen (secondary N) is 1. The summed E-state index contributed by atoms with van der Waals surface area (Å²) in [6, 6.07) is -0.0653. The highest BCUT2D eigenvalue weighted by Crippen LogP contribution is 2.13. The first-order valence-electron chi connectivity index (χ1n) is 5.62. The molecular formula is C10H17F3N2O3. The van der Waals surface area contributed by atoms with Crippen LogP contribution in [0.5, 0.6) is 0 Å². The zero-order chi connectivity index (χ0) is 13.8. The highest BCUT2D eigenvalue weighted by molar-refractivity contribution is 5.78. The Kier molecular flexibility index (Phi) is 5.36. The van der Waals surface area contributed by atoms with Crippen LogP contribution in [-0.4, -0.2) is 67.1 Å². The first-order valence-corrected chi connectivity index (χ1v) is 5.62. The monoisotopic (exact) mass is 270 g/mol. The zero-order valence-corrected chi connectivity index (χ0v) is 10.0. The number of hydrogen-bond acceptors (Lipinski definition) is 4. The van der Waals surface area contributed by atoms with Gasteiger partial charge in [-0.1, -0.05) is 0 Å². The van der Waals surface area contributed by atoms with Crippen LogP contribution >= 0.6 is 0 Å². The molecule has 2 atom stereocenters. The molecule has 8 heteroatoms. The minimum Gasteiger partial charge on any atom is -0.394 e. The largest absolute Gasteiger partial charge is 0.405 e. The Morgan fingerprint density at radius 3 is 2.78 bits per heavy atom. The second kappa shape index (κ2) is 6.35. The normalized spacial score (nSPS) is 26.1. The van der Waals surface area contributed by atoms with Gasteiger partial charge in [-0.05, 0) is 6.92 Å². The fourth-order valence-corrected chi connectivity index (χ4v) is 1.64. The van der Waals surface area contributed by atoms with E-state index in [0.29, 0.717) is 13.2 Å². The molecule has 1 fully saturated rings. The number of aliphatic hydroxyl groups is 1. The maximum absolute atomic E-state index is 11.9.